The summed E-state index contributed by atoms with van der Waals surface area (Å²) in [6.07, 6.45) is 1.57. The van der Waals surface area contributed by atoms with Crippen molar-refractivity contribution in [3.63, 3.8) is 0 Å². The van der Waals surface area contributed by atoms with E-state index in [4.69, 9.17) is 5.73 Å². The Balaban J connectivity index is 1.52. The molecule has 0 bridgehead atoms. The summed E-state index contributed by atoms with van der Waals surface area (Å²) in [7, 11) is 0. The van der Waals surface area contributed by atoms with Crippen LogP contribution in [0.5, 0.6) is 0 Å². The summed E-state index contributed by atoms with van der Waals surface area (Å²) in [6.45, 7) is 3.78. The number of aryl methyl sites for hydroxylation is 2. The molecule has 5 rings (SSSR count). The maximum Gasteiger partial charge on any atom is 0.435 e. The van der Waals surface area contributed by atoms with Gasteiger partial charge in [0.2, 0.25) is 0 Å². The Morgan fingerprint density at radius 2 is 1.93 bits per heavy atom. The number of halogens is 4. The summed E-state index contributed by atoms with van der Waals surface area (Å²) in [5.74, 6) is 0.219. The van der Waals surface area contributed by atoms with Gasteiger partial charge in [0, 0.05) is 29.8 Å². The number of carbonyl (C=O) groups excluding carboxylic acids is 1. The topological polar surface area (TPSA) is 85.3 Å². The SMILES string of the molecule is CCn1cc(-c2cc(CN=C(N)C3CCC3)cc(C(=O)N[C@H](c3ccc(F)c(C)c3)C3CC3)c2)c(C(F)(F)F)n1. The number of nitrogens with two attached hydrogens (primary N) is 1. The molecule has 0 aliphatic heterocycles. The van der Waals surface area contributed by atoms with Gasteiger partial charge in [-0.3, -0.25) is 14.5 Å². The number of amidine groups is 1. The van der Waals surface area contributed by atoms with Crippen LogP contribution in [0, 0.1) is 24.6 Å². The molecule has 2 aromatic carbocycles. The van der Waals surface area contributed by atoms with E-state index in [9.17, 15) is 22.4 Å². The Labute approximate surface area is 230 Å². The second kappa shape index (κ2) is 11.1. The standard InChI is InChI=1S/C30H33F4N5O/c1-3-39-16-24(27(38-39)30(32,33)34)22-12-18(15-36-28(35)20-5-4-6-20)13-23(14-22)29(40)37-26(19-7-8-19)21-9-10-25(31)17(2)11-21/h9-14,16,19-20,26H,3-8,15H2,1-2H3,(H2,35,36)(H,37,40)/t26-/m0/s1. The fourth-order valence-electron chi connectivity index (χ4n) is 5.08. The second-order valence-electron chi connectivity index (χ2n) is 10.8. The fourth-order valence-corrected chi connectivity index (χ4v) is 5.08. The van der Waals surface area contributed by atoms with Gasteiger partial charge in [0.15, 0.2) is 5.69 Å². The van der Waals surface area contributed by atoms with Crippen LogP contribution in [0.25, 0.3) is 11.1 Å². The number of rotatable bonds is 9. The van der Waals surface area contributed by atoms with Crippen molar-refractivity contribution in [2.45, 2.75) is 71.3 Å². The Kier molecular flexibility index (Phi) is 7.70. The minimum absolute atomic E-state index is 0.103. The molecule has 10 heteroatoms. The summed E-state index contributed by atoms with van der Waals surface area (Å²) in [4.78, 5) is 18.1. The lowest BCUT2D eigenvalue weighted by Gasteiger charge is -2.24. The monoisotopic (exact) mass is 555 g/mol. The molecule has 1 heterocycles. The molecule has 2 aliphatic carbocycles. The molecule has 0 saturated heterocycles. The molecule has 0 spiro atoms. The molecule has 40 heavy (non-hydrogen) atoms. The minimum atomic E-state index is -4.67. The number of nitrogens with one attached hydrogen (secondary N) is 1. The highest BCUT2D eigenvalue weighted by atomic mass is 19.4. The molecule has 212 valence electrons. The third-order valence-corrected chi connectivity index (χ3v) is 7.81. The Hall–Kier alpha value is -3.69. The van der Waals surface area contributed by atoms with E-state index < -0.39 is 17.8 Å². The number of alkyl halides is 3. The molecule has 1 atom stereocenters. The zero-order valence-electron chi connectivity index (χ0n) is 22.6. The van der Waals surface area contributed by atoms with E-state index in [1.165, 1.54) is 23.0 Å². The van der Waals surface area contributed by atoms with E-state index in [2.05, 4.69) is 15.4 Å². The number of aliphatic imine (C=N–C) groups is 1. The van der Waals surface area contributed by atoms with E-state index in [1.807, 2.05) is 0 Å². The van der Waals surface area contributed by atoms with Crippen LogP contribution in [0.3, 0.4) is 0 Å². The first-order chi connectivity index (χ1) is 19.0. The van der Waals surface area contributed by atoms with Crippen LogP contribution < -0.4 is 11.1 Å². The second-order valence-corrected chi connectivity index (χ2v) is 10.8. The first-order valence-electron chi connectivity index (χ1n) is 13.7. The molecule has 2 saturated carbocycles. The van der Waals surface area contributed by atoms with Gasteiger partial charge in [-0.2, -0.15) is 18.3 Å². The van der Waals surface area contributed by atoms with Crippen LogP contribution in [-0.2, 0) is 19.3 Å². The van der Waals surface area contributed by atoms with Crippen LogP contribution in [0.4, 0.5) is 17.6 Å². The van der Waals surface area contributed by atoms with Crippen LogP contribution in [-0.4, -0.2) is 21.5 Å². The maximum absolute atomic E-state index is 13.9. The van der Waals surface area contributed by atoms with Crippen molar-refractivity contribution in [2.24, 2.45) is 22.6 Å². The van der Waals surface area contributed by atoms with Crippen molar-refractivity contribution >= 4 is 11.7 Å². The molecular weight excluding hydrogens is 522 g/mol. The highest BCUT2D eigenvalue weighted by Crippen LogP contribution is 2.42. The van der Waals surface area contributed by atoms with E-state index in [1.54, 1.807) is 38.1 Å². The predicted octanol–water partition coefficient (Wildman–Crippen LogP) is 6.57. The van der Waals surface area contributed by atoms with Crippen molar-refractivity contribution in [1.29, 1.82) is 0 Å². The number of hydrogen-bond acceptors (Lipinski definition) is 3. The summed E-state index contributed by atoms with van der Waals surface area (Å²) in [5.41, 5.74) is 7.34. The largest absolute Gasteiger partial charge is 0.435 e. The van der Waals surface area contributed by atoms with Gasteiger partial charge in [-0.1, -0.05) is 18.6 Å². The average Bonchev–Trinajstić information content (AvgIpc) is 3.62. The van der Waals surface area contributed by atoms with Gasteiger partial charge in [-0.25, -0.2) is 4.39 Å². The van der Waals surface area contributed by atoms with Crippen LogP contribution in [0.15, 0.2) is 47.6 Å². The summed E-state index contributed by atoms with van der Waals surface area (Å²) in [6, 6.07) is 9.17. The number of benzene rings is 2. The molecule has 1 aromatic heterocycles. The number of nitrogens with zero attached hydrogens (tertiary/aromatic N) is 3. The third-order valence-electron chi connectivity index (χ3n) is 7.81. The van der Waals surface area contributed by atoms with Gasteiger partial charge in [0.05, 0.1) is 18.4 Å². The van der Waals surface area contributed by atoms with Gasteiger partial charge in [-0.05, 0) is 92.0 Å². The summed E-state index contributed by atoms with van der Waals surface area (Å²) in [5, 5.41) is 6.81. The van der Waals surface area contributed by atoms with Crippen molar-refractivity contribution in [1.82, 2.24) is 15.1 Å². The smallest absolute Gasteiger partial charge is 0.387 e. The molecular formula is C30H33F4N5O. The molecule has 2 aliphatic rings. The van der Waals surface area contributed by atoms with Crippen LogP contribution in [0.1, 0.15) is 77.8 Å². The lowest BCUT2D eigenvalue weighted by Crippen LogP contribution is -2.30. The molecule has 2 fully saturated rings. The van der Waals surface area contributed by atoms with E-state index in [-0.39, 0.29) is 53.5 Å². The van der Waals surface area contributed by atoms with E-state index in [0.717, 1.165) is 37.7 Å². The van der Waals surface area contributed by atoms with Crippen molar-refractivity contribution in [2.75, 3.05) is 0 Å². The van der Waals surface area contributed by atoms with Gasteiger partial charge < -0.3 is 11.1 Å². The lowest BCUT2D eigenvalue weighted by molar-refractivity contribution is -0.141. The number of aromatic nitrogens is 2. The Morgan fingerprint density at radius 1 is 1.18 bits per heavy atom. The first kappa shape index (κ1) is 27.9. The molecule has 0 unspecified atom stereocenters. The minimum Gasteiger partial charge on any atom is -0.387 e. The fraction of sp³-hybridized carbons (Fsp3) is 0.433. The van der Waals surface area contributed by atoms with E-state index >= 15 is 0 Å². The number of hydrogen-bond donors (Lipinski definition) is 2. The van der Waals surface area contributed by atoms with Gasteiger partial charge in [0.1, 0.15) is 5.82 Å². The lowest BCUT2D eigenvalue weighted by atomic mass is 9.84. The molecule has 0 radical (unpaired) electrons. The van der Waals surface area contributed by atoms with E-state index in [0.29, 0.717) is 17.0 Å². The van der Waals surface area contributed by atoms with Crippen molar-refractivity contribution < 1.29 is 22.4 Å². The summed E-state index contributed by atoms with van der Waals surface area (Å²) >= 11 is 0. The van der Waals surface area contributed by atoms with Gasteiger partial charge in [-0.15, -0.1) is 0 Å². The van der Waals surface area contributed by atoms with Crippen molar-refractivity contribution in [3.8, 4) is 11.1 Å². The molecule has 1 amide bonds. The summed E-state index contributed by atoms with van der Waals surface area (Å²) < 4.78 is 56.9. The average molecular weight is 556 g/mol. The van der Waals surface area contributed by atoms with Gasteiger partial charge >= 0.3 is 6.18 Å². The Bertz CT molecular complexity index is 1440. The molecule has 6 nitrogen and oxygen atoms in total. The number of amides is 1. The zero-order chi connectivity index (χ0) is 28.6. The quantitative estimate of drug-likeness (QED) is 0.178. The Morgan fingerprint density at radius 3 is 2.52 bits per heavy atom. The highest BCUT2D eigenvalue weighted by Gasteiger charge is 2.38. The number of carbonyl (C=O) groups is 1. The first-order valence-corrected chi connectivity index (χ1v) is 13.7. The molecule has 3 N–H and O–H groups in total. The maximum atomic E-state index is 13.9. The third kappa shape index (κ3) is 6.05. The van der Waals surface area contributed by atoms with Crippen molar-refractivity contribution in [3.05, 3.63) is 76.4 Å². The highest BCUT2D eigenvalue weighted by molar-refractivity contribution is 5.96. The zero-order valence-corrected chi connectivity index (χ0v) is 22.6. The van der Waals surface area contributed by atoms with Crippen LogP contribution >= 0.6 is 0 Å². The molecule has 3 aromatic rings. The predicted molar refractivity (Wildman–Crippen MR) is 145 cm³/mol. The van der Waals surface area contributed by atoms with Crippen LogP contribution in [0.2, 0.25) is 0 Å². The van der Waals surface area contributed by atoms with Gasteiger partial charge in [0.25, 0.3) is 5.91 Å². The normalized spacial score (nSPS) is 17.0.